The maximum absolute atomic E-state index is 7.24. The molecule has 0 aromatic heterocycles. The minimum absolute atomic E-state index is 0.505. The summed E-state index contributed by atoms with van der Waals surface area (Å²) < 4.78 is 0. The quantitative estimate of drug-likeness (QED) is 0.420. The Bertz CT molecular complexity index is 519. The number of nitrogens with one attached hydrogen (secondary N) is 2. The summed E-state index contributed by atoms with van der Waals surface area (Å²) >= 11 is 0. The Morgan fingerprint density at radius 1 is 1.45 bits per heavy atom. The Labute approximate surface area is 121 Å². The van der Waals surface area contributed by atoms with Crippen LogP contribution in [0, 0.1) is 17.2 Å². The van der Waals surface area contributed by atoms with Gasteiger partial charge in [-0.3, -0.25) is 0 Å². The normalized spacial score (nSPS) is 21.4. The Hall–Kier alpha value is -2.03. The van der Waals surface area contributed by atoms with E-state index in [2.05, 4.69) is 24.6 Å². The van der Waals surface area contributed by atoms with Crippen LogP contribution >= 0.6 is 0 Å². The number of hydrogen-bond donors (Lipinski definition) is 3. The van der Waals surface area contributed by atoms with Crippen LogP contribution in [0.25, 0.3) is 0 Å². The Kier molecular flexibility index (Phi) is 4.61. The van der Waals surface area contributed by atoms with Crippen LogP contribution in [0.1, 0.15) is 30.4 Å². The number of hydrogen-bond acceptors (Lipinski definition) is 3. The zero-order chi connectivity index (χ0) is 14.5. The molecule has 4 N–H and O–H groups in total. The van der Waals surface area contributed by atoms with Crippen molar-refractivity contribution in [2.75, 3.05) is 5.73 Å². The van der Waals surface area contributed by atoms with Crippen molar-refractivity contribution in [2.45, 2.75) is 25.8 Å². The van der Waals surface area contributed by atoms with Crippen LogP contribution in [0.15, 0.2) is 43.1 Å². The first-order chi connectivity index (χ1) is 9.65. The molecule has 1 aliphatic rings. The van der Waals surface area contributed by atoms with Crippen molar-refractivity contribution in [2.24, 2.45) is 11.8 Å². The highest BCUT2D eigenvalue weighted by Gasteiger charge is 2.26. The molecular weight excluding hydrogens is 246 g/mol. The lowest BCUT2D eigenvalue weighted by molar-refractivity contribution is 0.494. The lowest BCUT2D eigenvalue weighted by atomic mass is 9.93. The van der Waals surface area contributed by atoms with Gasteiger partial charge in [-0.15, -0.1) is 6.58 Å². The van der Waals surface area contributed by atoms with Gasteiger partial charge in [-0.05, 0) is 30.4 Å². The molecule has 0 bridgehead atoms. The monoisotopic (exact) mass is 269 g/mol. The molecular formula is C17H23N3. The second kappa shape index (κ2) is 6.42. The van der Waals surface area contributed by atoms with Gasteiger partial charge in [-0.2, -0.15) is 0 Å². The van der Waals surface area contributed by atoms with E-state index < -0.39 is 0 Å². The largest absolute Gasteiger partial charge is 0.398 e. The van der Waals surface area contributed by atoms with Gasteiger partial charge in [0.25, 0.3) is 0 Å². The van der Waals surface area contributed by atoms with E-state index in [-0.39, 0.29) is 0 Å². The zero-order valence-electron chi connectivity index (χ0n) is 11.9. The summed E-state index contributed by atoms with van der Waals surface area (Å²) in [5.74, 6) is 1.06. The van der Waals surface area contributed by atoms with Crippen LogP contribution in [-0.4, -0.2) is 6.21 Å². The van der Waals surface area contributed by atoms with Gasteiger partial charge in [-0.25, -0.2) is 0 Å². The molecule has 20 heavy (non-hydrogen) atoms. The van der Waals surface area contributed by atoms with Crippen molar-refractivity contribution in [3.63, 3.8) is 0 Å². The van der Waals surface area contributed by atoms with Crippen molar-refractivity contribution in [1.29, 1.82) is 5.41 Å². The molecule has 0 amide bonds. The molecule has 1 aromatic rings. The summed E-state index contributed by atoms with van der Waals surface area (Å²) in [4.78, 5) is 0. The van der Waals surface area contributed by atoms with Gasteiger partial charge in [0.05, 0.1) is 0 Å². The summed E-state index contributed by atoms with van der Waals surface area (Å²) in [6.45, 7) is 8.82. The van der Waals surface area contributed by atoms with E-state index in [4.69, 9.17) is 11.1 Å². The van der Waals surface area contributed by atoms with Gasteiger partial charge in [0.15, 0.2) is 0 Å². The Morgan fingerprint density at radius 2 is 2.25 bits per heavy atom. The molecule has 1 aliphatic carbocycles. The third kappa shape index (κ3) is 3.10. The summed E-state index contributed by atoms with van der Waals surface area (Å²) in [6, 6.07) is 5.79. The maximum Gasteiger partial charge on any atom is 0.0406 e. The first kappa shape index (κ1) is 14.4. The highest BCUT2D eigenvalue weighted by molar-refractivity contribution is 5.84. The lowest BCUT2D eigenvalue weighted by Crippen LogP contribution is -2.21. The zero-order valence-corrected chi connectivity index (χ0v) is 11.9. The second-order valence-electron chi connectivity index (χ2n) is 5.42. The summed E-state index contributed by atoms with van der Waals surface area (Å²) in [6.07, 6.45) is 7.00. The number of nitrogens with two attached hydrogens (primary N) is 1. The number of allylic oxidation sites excluding steroid dienone is 2. The van der Waals surface area contributed by atoms with Crippen molar-refractivity contribution in [3.8, 4) is 0 Å². The topological polar surface area (TPSA) is 61.9 Å². The molecule has 106 valence electrons. The van der Waals surface area contributed by atoms with Gasteiger partial charge in [0, 0.05) is 35.6 Å². The molecule has 2 unspecified atom stereocenters. The smallest absolute Gasteiger partial charge is 0.0406 e. The van der Waals surface area contributed by atoms with Crippen LogP contribution in [0.5, 0.6) is 0 Å². The summed E-state index contributed by atoms with van der Waals surface area (Å²) in [7, 11) is 0. The molecule has 0 radical (unpaired) electrons. The molecule has 1 aromatic carbocycles. The predicted octanol–water partition coefficient (Wildman–Crippen LogP) is 3.47. The van der Waals surface area contributed by atoms with Crippen molar-refractivity contribution in [1.82, 2.24) is 5.32 Å². The second-order valence-corrected chi connectivity index (χ2v) is 5.42. The van der Waals surface area contributed by atoms with Crippen molar-refractivity contribution < 1.29 is 0 Å². The average molecular weight is 269 g/mol. The predicted molar refractivity (Wildman–Crippen MR) is 85.7 cm³/mol. The minimum atomic E-state index is 0.505. The summed E-state index contributed by atoms with van der Waals surface area (Å²) in [5, 5.41) is 10.7. The third-order valence-electron chi connectivity index (χ3n) is 4.15. The molecule has 0 spiro atoms. The lowest BCUT2D eigenvalue weighted by Gasteiger charge is -2.20. The van der Waals surface area contributed by atoms with Crippen LogP contribution in [0.2, 0.25) is 0 Å². The Balaban J connectivity index is 1.94. The average Bonchev–Trinajstić information content (AvgIpc) is 2.93. The number of rotatable bonds is 6. The van der Waals surface area contributed by atoms with E-state index in [1.54, 1.807) is 0 Å². The van der Waals surface area contributed by atoms with E-state index in [1.165, 1.54) is 25.5 Å². The fourth-order valence-corrected chi connectivity index (χ4v) is 2.92. The highest BCUT2D eigenvalue weighted by Crippen LogP contribution is 2.35. The summed E-state index contributed by atoms with van der Waals surface area (Å²) in [5.41, 5.74) is 9.51. The fourth-order valence-electron chi connectivity index (χ4n) is 2.92. The van der Waals surface area contributed by atoms with Crippen molar-refractivity contribution >= 4 is 11.9 Å². The molecule has 0 saturated heterocycles. The molecule has 2 atom stereocenters. The SMILES string of the molecule is C=CC1CCCC1C(=C)NCc1ccc(C=N)c(N)c1. The van der Waals surface area contributed by atoms with Crippen molar-refractivity contribution in [3.05, 3.63) is 54.3 Å². The van der Waals surface area contributed by atoms with Crippen LogP contribution < -0.4 is 11.1 Å². The van der Waals surface area contributed by atoms with Gasteiger partial charge >= 0.3 is 0 Å². The van der Waals surface area contributed by atoms with E-state index >= 15 is 0 Å². The number of nitrogen functional groups attached to an aromatic ring is 1. The van der Waals surface area contributed by atoms with E-state index in [0.29, 0.717) is 17.5 Å². The van der Waals surface area contributed by atoms with E-state index in [1.807, 2.05) is 18.2 Å². The molecule has 0 aliphatic heterocycles. The fraction of sp³-hybridized carbons (Fsp3) is 0.353. The molecule has 3 heteroatoms. The maximum atomic E-state index is 7.24. The number of benzene rings is 1. The van der Waals surface area contributed by atoms with Gasteiger partial charge in [0.2, 0.25) is 0 Å². The Morgan fingerprint density at radius 3 is 2.90 bits per heavy atom. The first-order valence-electron chi connectivity index (χ1n) is 7.09. The first-order valence-corrected chi connectivity index (χ1v) is 7.09. The minimum Gasteiger partial charge on any atom is -0.398 e. The van der Waals surface area contributed by atoms with Gasteiger partial charge in [-0.1, -0.05) is 31.2 Å². The molecule has 2 rings (SSSR count). The highest BCUT2D eigenvalue weighted by atomic mass is 14.9. The van der Waals surface area contributed by atoms with Gasteiger partial charge in [0.1, 0.15) is 0 Å². The van der Waals surface area contributed by atoms with Crippen LogP contribution in [0.3, 0.4) is 0 Å². The molecule has 1 saturated carbocycles. The number of anilines is 1. The van der Waals surface area contributed by atoms with Crippen LogP contribution in [-0.2, 0) is 6.54 Å². The third-order valence-corrected chi connectivity index (χ3v) is 4.15. The standard InChI is InChI=1S/C17H23N3/c1-3-14-5-4-6-16(14)12(2)20-11-13-7-8-15(10-18)17(19)9-13/h3,7-10,14,16,18,20H,1-2,4-6,11,19H2. The van der Waals surface area contributed by atoms with Gasteiger partial charge < -0.3 is 16.5 Å². The van der Waals surface area contributed by atoms with Crippen LogP contribution in [0.4, 0.5) is 5.69 Å². The molecule has 1 fully saturated rings. The van der Waals surface area contributed by atoms with E-state index in [9.17, 15) is 0 Å². The van der Waals surface area contributed by atoms with E-state index in [0.717, 1.165) is 23.4 Å². The molecule has 0 heterocycles. The molecule has 3 nitrogen and oxygen atoms in total.